The third-order valence-corrected chi connectivity index (χ3v) is 6.44. The number of hydrogen-bond acceptors (Lipinski definition) is 3. The normalized spacial score (nSPS) is 12.8. The van der Waals surface area contributed by atoms with Crippen molar-refractivity contribution in [2.45, 2.75) is 16.8 Å². The molecule has 4 heteroatoms. The van der Waals surface area contributed by atoms with E-state index in [1.807, 2.05) is 6.07 Å². The predicted molar refractivity (Wildman–Crippen MR) is 110 cm³/mol. The molecule has 4 aromatic rings. The van der Waals surface area contributed by atoms with Gasteiger partial charge >= 0.3 is 0 Å². The van der Waals surface area contributed by atoms with E-state index < -0.39 is 0 Å². The number of aromatic nitrogens is 3. The highest BCUT2D eigenvalue weighted by Crippen LogP contribution is 2.51. The molecular formula is C23H19N3S. The number of thioether (sulfide) groups is 1. The molecule has 0 spiro atoms. The zero-order valence-corrected chi connectivity index (χ0v) is 15.9. The molecule has 0 amide bonds. The lowest BCUT2D eigenvalue weighted by molar-refractivity contribution is 0.747. The molecule has 1 aliphatic rings. The topological polar surface area (TPSA) is 30.7 Å². The Morgan fingerprint density at radius 2 is 1.37 bits per heavy atom. The van der Waals surface area contributed by atoms with E-state index in [2.05, 4.69) is 94.6 Å². The van der Waals surface area contributed by atoms with Gasteiger partial charge in [0.05, 0.1) is 5.25 Å². The molecule has 0 radical (unpaired) electrons. The van der Waals surface area contributed by atoms with E-state index in [1.165, 1.54) is 27.8 Å². The van der Waals surface area contributed by atoms with Crippen molar-refractivity contribution in [3.8, 4) is 11.1 Å². The van der Waals surface area contributed by atoms with E-state index in [-0.39, 0.29) is 5.25 Å². The summed E-state index contributed by atoms with van der Waals surface area (Å²) < 4.78 is 2.13. The third-order valence-electron chi connectivity index (χ3n) is 5.13. The molecular weight excluding hydrogens is 350 g/mol. The highest BCUT2D eigenvalue weighted by atomic mass is 32.2. The van der Waals surface area contributed by atoms with Gasteiger partial charge < -0.3 is 4.57 Å². The summed E-state index contributed by atoms with van der Waals surface area (Å²) in [6, 6.07) is 27.8. The van der Waals surface area contributed by atoms with Crippen LogP contribution in [0.5, 0.6) is 0 Å². The van der Waals surface area contributed by atoms with Crippen molar-refractivity contribution in [2.75, 3.05) is 0 Å². The van der Waals surface area contributed by atoms with Crippen LogP contribution < -0.4 is 0 Å². The van der Waals surface area contributed by atoms with Gasteiger partial charge in [0.15, 0.2) is 5.16 Å². The van der Waals surface area contributed by atoms with E-state index in [0.29, 0.717) is 0 Å². The molecule has 0 saturated carbocycles. The Morgan fingerprint density at radius 1 is 0.778 bits per heavy atom. The maximum Gasteiger partial charge on any atom is 0.191 e. The molecule has 0 aliphatic heterocycles. The van der Waals surface area contributed by atoms with Gasteiger partial charge in [-0.2, -0.15) is 0 Å². The lowest BCUT2D eigenvalue weighted by Crippen LogP contribution is -2.01. The highest BCUT2D eigenvalue weighted by Gasteiger charge is 2.30. The Morgan fingerprint density at radius 3 is 2.04 bits per heavy atom. The van der Waals surface area contributed by atoms with Crippen LogP contribution in [-0.2, 0) is 13.5 Å². The minimum Gasteiger partial charge on any atom is -0.309 e. The average Bonchev–Trinajstić information content (AvgIpc) is 3.22. The fraction of sp³-hybridized carbons (Fsp3) is 0.130. The van der Waals surface area contributed by atoms with E-state index in [1.54, 1.807) is 11.8 Å². The maximum atomic E-state index is 4.50. The summed E-state index contributed by atoms with van der Waals surface area (Å²) in [5.41, 5.74) is 6.63. The van der Waals surface area contributed by atoms with Gasteiger partial charge in [0.1, 0.15) is 5.82 Å². The first-order valence-corrected chi connectivity index (χ1v) is 9.96. The van der Waals surface area contributed by atoms with Crippen LogP contribution in [-0.4, -0.2) is 14.8 Å². The van der Waals surface area contributed by atoms with Crippen LogP contribution >= 0.6 is 11.8 Å². The molecule has 5 rings (SSSR count). The molecule has 0 unspecified atom stereocenters. The molecule has 1 aromatic heterocycles. The van der Waals surface area contributed by atoms with Crippen LogP contribution in [0.1, 0.15) is 27.8 Å². The standard InChI is InChI=1S/C23H19N3S/c1-26-21(15-16-9-3-2-4-10-16)24-25-23(26)27-22-19-13-7-5-11-17(19)18-12-6-8-14-20(18)22/h2-14,22H,15H2,1H3. The van der Waals surface area contributed by atoms with Gasteiger partial charge in [0.2, 0.25) is 0 Å². The largest absolute Gasteiger partial charge is 0.309 e. The van der Waals surface area contributed by atoms with Gasteiger partial charge in [0.25, 0.3) is 0 Å². The summed E-state index contributed by atoms with van der Waals surface area (Å²) in [6.45, 7) is 0. The first-order valence-electron chi connectivity index (χ1n) is 9.08. The third kappa shape index (κ3) is 2.86. The second kappa shape index (κ2) is 6.71. The molecule has 0 saturated heterocycles. The van der Waals surface area contributed by atoms with Crippen LogP contribution in [0.4, 0.5) is 0 Å². The van der Waals surface area contributed by atoms with Crippen molar-refractivity contribution in [3.63, 3.8) is 0 Å². The summed E-state index contributed by atoms with van der Waals surface area (Å²) in [5, 5.41) is 10.2. The average molecular weight is 369 g/mol. The van der Waals surface area contributed by atoms with Crippen LogP contribution in [0.2, 0.25) is 0 Å². The molecule has 0 fully saturated rings. The SMILES string of the molecule is Cn1c(Cc2ccccc2)nnc1SC1c2ccccc2-c2ccccc21. The Balaban J connectivity index is 1.48. The van der Waals surface area contributed by atoms with Gasteiger partial charge in [-0.05, 0) is 27.8 Å². The van der Waals surface area contributed by atoms with Crippen LogP contribution in [0, 0.1) is 0 Å². The first-order chi connectivity index (χ1) is 13.3. The molecule has 0 bridgehead atoms. The Kier molecular flexibility index (Phi) is 4.06. The molecule has 1 heterocycles. The number of rotatable bonds is 4. The number of fused-ring (bicyclic) bond motifs is 3. The monoisotopic (exact) mass is 369 g/mol. The molecule has 3 aromatic carbocycles. The summed E-state index contributed by atoms with van der Waals surface area (Å²) in [7, 11) is 2.06. The smallest absolute Gasteiger partial charge is 0.191 e. The minimum atomic E-state index is 0.255. The summed E-state index contributed by atoms with van der Waals surface area (Å²) >= 11 is 1.78. The lowest BCUT2D eigenvalue weighted by Gasteiger charge is -2.12. The van der Waals surface area contributed by atoms with Crippen molar-refractivity contribution >= 4 is 11.8 Å². The minimum absolute atomic E-state index is 0.255. The predicted octanol–water partition coefficient (Wildman–Crippen LogP) is 5.27. The lowest BCUT2D eigenvalue weighted by atomic mass is 10.1. The number of nitrogens with zero attached hydrogens (tertiary/aromatic N) is 3. The van der Waals surface area contributed by atoms with Gasteiger partial charge in [-0.1, -0.05) is 90.6 Å². The van der Waals surface area contributed by atoms with Crippen LogP contribution in [0.15, 0.2) is 84.0 Å². The van der Waals surface area contributed by atoms with E-state index in [9.17, 15) is 0 Å². The van der Waals surface area contributed by atoms with Crippen molar-refractivity contribution in [2.24, 2.45) is 7.05 Å². The first kappa shape index (κ1) is 16.3. The van der Waals surface area contributed by atoms with Crippen molar-refractivity contribution in [1.82, 2.24) is 14.8 Å². The Bertz CT molecular complexity index is 1060. The van der Waals surface area contributed by atoms with E-state index in [0.717, 1.165) is 17.4 Å². The number of benzene rings is 3. The summed E-state index contributed by atoms with van der Waals surface area (Å²) in [6.07, 6.45) is 0.794. The zero-order valence-electron chi connectivity index (χ0n) is 15.0. The Labute approximate surface area is 163 Å². The second-order valence-corrected chi connectivity index (χ2v) is 7.86. The molecule has 0 N–H and O–H groups in total. The van der Waals surface area contributed by atoms with Crippen molar-refractivity contribution in [1.29, 1.82) is 0 Å². The van der Waals surface area contributed by atoms with Gasteiger partial charge in [-0.15, -0.1) is 10.2 Å². The van der Waals surface area contributed by atoms with E-state index >= 15 is 0 Å². The van der Waals surface area contributed by atoms with Gasteiger partial charge in [-0.3, -0.25) is 0 Å². The van der Waals surface area contributed by atoms with Crippen LogP contribution in [0.25, 0.3) is 11.1 Å². The van der Waals surface area contributed by atoms with Crippen molar-refractivity contribution < 1.29 is 0 Å². The van der Waals surface area contributed by atoms with Gasteiger partial charge in [-0.25, -0.2) is 0 Å². The highest BCUT2D eigenvalue weighted by molar-refractivity contribution is 7.99. The zero-order chi connectivity index (χ0) is 18.2. The number of hydrogen-bond donors (Lipinski definition) is 0. The van der Waals surface area contributed by atoms with Crippen LogP contribution in [0.3, 0.4) is 0 Å². The summed E-state index contributed by atoms with van der Waals surface area (Å²) in [4.78, 5) is 0. The molecule has 27 heavy (non-hydrogen) atoms. The Hall–Kier alpha value is -2.85. The molecule has 132 valence electrons. The molecule has 1 aliphatic carbocycles. The van der Waals surface area contributed by atoms with E-state index in [4.69, 9.17) is 0 Å². The fourth-order valence-electron chi connectivity index (χ4n) is 3.72. The second-order valence-electron chi connectivity index (χ2n) is 6.79. The summed E-state index contributed by atoms with van der Waals surface area (Å²) in [5.74, 6) is 0.989. The maximum absolute atomic E-state index is 4.50. The van der Waals surface area contributed by atoms with Gasteiger partial charge in [0, 0.05) is 13.5 Å². The fourth-order valence-corrected chi connectivity index (χ4v) is 4.95. The molecule has 0 atom stereocenters. The molecule has 3 nitrogen and oxygen atoms in total. The quantitative estimate of drug-likeness (QED) is 0.491. The van der Waals surface area contributed by atoms with Crippen molar-refractivity contribution in [3.05, 3.63) is 101 Å².